The summed E-state index contributed by atoms with van der Waals surface area (Å²) < 4.78 is 5.97. The van der Waals surface area contributed by atoms with Gasteiger partial charge in [-0.2, -0.15) is 5.26 Å². The Morgan fingerprint density at radius 1 is 0.977 bits per heavy atom. The van der Waals surface area contributed by atoms with E-state index in [1.165, 1.54) is 0 Å². The normalized spacial score (nSPS) is 29.1. The van der Waals surface area contributed by atoms with Crippen molar-refractivity contribution < 1.29 is 19.1 Å². The monoisotopic (exact) mass is 597 g/mol. The summed E-state index contributed by atoms with van der Waals surface area (Å²) in [7, 11) is 0. The van der Waals surface area contributed by atoms with Gasteiger partial charge >= 0.3 is 5.97 Å². The van der Waals surface area contributed by atoms with Gasteiger partial charge in [-0.05, 0) is 99.7 Å². The van der Waals surface area contributed by atoms with Gasteiger partial charge in [-0.25, -0.2) is 0 Å². The number of Topliss-reactive ketones (excluding diaryl/α,β-unsaturated/α-hetero) is 2. The molecule has 2 aliphatic rings. The van der Waals surface area contributed by atoms with E-state index < -0.39 is 16.2 Å². The van der Waals surface area contributed by atoms with Crippen LogP contribution in [0.4, 0.5) is 0 Å². The van der Waals surface area contributed by atoms with Crippen molar-refractivity contribution in [1.29, 1.82) is 5.26 Å². The Hall–Kier alpha value is -1.96. The molecule has 0 aromatic carbocycles. The molecule has 0 bridgehead atoms. The zero-order valence-electron chi connectivity index (χ0n) is 30.2. The van der Waals surface area contributed by atoms with Crippen molar-refractivity contribution in [1.82, 2.24) is 0 Å². The lowest BCUT2D eigenvalue weighted by molar-refractivity contribution is -0.159. The number of ether oxygens (including phenoxy) is 1. The number of nitrogens with zero attached hydrogens (tertiary/aromatic N) is 1. The highest BCUT2D eigenvalue weighted by molar-refractivity contribution is 6.04. The molecule has 0 unspecified atom stereocenters. The number of fused-ring (bicyclic) bond motifs is 1. The molecule has 0 aromatic rings. The number of carbonyl (C=O) groups is 3. The van der Waals surface area contributed by atoms with Crippen LogP contribution in [0.3, 0.4) is 0 Å². The molecule has 0 aliphatic heterocycles. The van der Waals surface area contributed by atoms with Crippen molar-refractivity contribution in [2.45, 2.75) is 148 Å². The van der Waals surface area contributed by atoms with E-state index in [2.05, 4.69) is 61.5 Å². The molecular formula is C38H63NO4. The second kappa shape index (κ2) is 12.4. The number of hydrogen-bond acceptors (Lipinski definition) is 5. The molecule has 1 saturated carbocycles. The Kier molecular flexibility index (Phi) is 10.8. The van der Waals surface area contributed by atoms with Crippen LogP contribution in [0, 0.1) is 61.1 Å². The average molecular weight is 598 g/mol. The van der Waals surface area contributed by atoms with E-state index in [0.29, 0.717) is 13.0 Å². The van der Waals surface area contributed by atoms with Gasteiger partial charge in [-0.1, -0.05) is 81.7 Å². The van der Waals surface area contributed by atoms with Crippen LogP contribution in [-0.4, -0.2) is 24.1 Å². The third-order valence-corrected chi connectivity index (χ3v) is 12.4. The minimum Gasteiger partial charge on any atom is -0.465 e. The molecule has 0 N–H and O–H groups in total. The molecule has 0 aromatic heterocycles. The van der Waals surface area contributed by atoms with E-state index in [1.54, 1.807) is 6.92 Å². The first-order valence-corrected chi connectivity index (χ1v) is 16.7. The van der Waals surface area contributed by atoms with Crippen molar-refractivity contribution in [3.8, 4) is 6.07 Å². The standard InChI is InChI=1S/C38H63NO4/c1-15-33(6,7)18-20-36(12,25-43-31(42)32(3,4)5)21-19-34(8,9)38(14)17-16-28-35(10,11)30(41)27(24-39)23-37(28,13)29(38)22-26(2)40/h23,28-29H,15-22,25H2,1-14H3/t28-,29+,36-,37-,38+/m0/s1. The highest BCUT2D eigenvalue weighted by atomic mass is 16.5. The van der Waals surface area contributed by atoms with E-state index in [-0.39, 0.29) is 56.6 Å². The van der Waals surface area contributed by atoms with Crippen molar-refractivity contribution >= 4 is 17.5 Å². The fourth-order valence-corrected chi connectivity index (χ4v) is 8.15. The second-order valence-corrected chi connectivity index (χ2v) is 18.1. The van der Waals surface area contributed by atoms with Crippen LogP contribution in [0.15, 0.2) is 11.6 Å². The number of ketones is 2. The van der Waals surface area contributed by atoms with Crippen molar-refractivity contribution in [2.75, 3.05) is 6.61 Å². The maximum absolute atomic E-state index is 13.3. The van der Waals surface area contributed by atoms with Gasteiger partial charge in [0.05, 0.1) is 17.6 Å². The van der Waals surface area contributed by atoms with E-state index in [0.717, 1.165) is 44.9 Å². The SMILES string of the molecule is CCC(C)(C)CC[C@@](C)(CCC(C)(C)[C@]1(C)CC[C@H]2C(C)(C)C(=O)C(C#N)=C[C@]2(C)[C@H]1CC(C)=O)COC(=O)C(C)(C)C. The Morgan fingerprint density at radius 2 is 1.53 bits per heavy atom. The van der Waals surface area contributed by atoms with Gasteiger partial charge in [0.25, 0.3) is 0 Å². The minimum atomic E-state index is -0.656. The Labute approximate surface area is 264 Å². The van der Waals surface area contributed by atoms with Gasteiger partial charge in [-0.15, -0.1) is 0 Å². The molecule has 2 rings (SSSR count). The summed E-state index contributed by atoms with van der Waals surface area (Å²) in [6, 6.07) is 2.20. The Balaban J connectivity index is 2.50. The lowest BCUT2D eigenvalue weighted by atomic mass is 9.39. The van der Waals surface area contributed by atoms with E-state index in [4.69, 9.17) is 4.74 Å². The van der Waals surface area contributed by atoms with E-state index >= 15 is 0 Å². The highest BCUT2D eigenvalue weighted by Crippen LogP contribution is 2.68. The molecule has 0 saturated heterocycles. The fourth-order valence-electron chi connectivity index (χ4n) is 8.15. The van der Waals surface area contributed by atoms with Gasteiger partial charge in [0.1, 0.15) is 11.9 Å². The first-order chi connectivity index (χ1) is 19.3. The number of carbonyl (C=O) groups excluding carboxylic acids is 3. The van der Waals surface area contributed by atoms with Crippen LogP contribution in [-0.2, 0) is 19.1 Å². The third kappa shape index (κ3) is 7.65. The predicted molar refractivity (Wildman–Crippen MR) is 175 cm³/mol. The van der Waals surface area contributed by atoms with Gasteiger partial charge < -0.3 is 9.53 Å². The largest absolute Gasteiger partial charge is 0.465 e. The fraction of sp³-hybridized carbons (Fsp3) is 0.842. The number of esters is 1. The molecule has 0 spiro atoms. The zero-order valence-corrected chi connectivity index (χ0v) is 30.2. The number of rotatable bonds is 12. The molecule has 0 heterocycles. The molecule has 5 atom stereocenters. The summed E-state index contributed by atoms with van der Waals surface area (Å²) in [5.41, 5.74) is -1.73. The summed E-state index contributed by atoms with van der Waals surface area (Å²) in [6.07, 6.45) is 9.12. The summed E-state index contributed by atoms with van der Waals surface area (Å²) in [5, 5.41) is 9.95. The summed E-state index contributed by atoms with van der Waals surface area (Å²) >= 11 is 0. The van der Waals surface area contributed by atoms with Crippen LogP contribution >= 0.6 is 0 Å². The third-order valence-electron chi connectivity index (χ3n) is 12.4. The molecule has 0 radical (unpaired) electrons. The van der Waals surface area contributed by atoms with Crippen molar-refractivity contribution in [3.63, 3.8) is 0 Å². The lowest BCUT2D eigenvalue weighted by Crippen LogP contribution is -2.60. The molecule has 0 amide bonds. The highest BCUT2D eigenvalue weighted by Gasteiger charge is 2.63. The smallest absolute Gasteiger partial charge is 0.311 e. The molecule has 43 heavy (non-hydrogen) atoms. The van der Waals surface area contributed by atoms with Crippen molar-refractivity contribution in [2.24, 2.45) is 49.7 Å². The Morgan fingerprint density at radius 3 is 2.02 bits per heavy atom. The van der Waals surface area contributed by atoms with Gasteiger partial charge in [-0.3, -0.25) is 9.59 Å². The zero-order chi connectivity index (χ0) is 33.4. The van der Waals surface area contributed by atoms with Gasteiger partial charge in [0, 0.05) is 17.3 Å². The topological polar surface area (TPSA) is 84.2 Å². The molecule has 2 aliphatic carbocycles. The Bertz CT molecular complexity index is 1150. The van der Waals surface area contributed by atoms with Gasteiger partial charge in [0.2, 0.25) is 0 Å². The summed E-state index contributed by atoms with van der Waals surface area (Å²) in [5.74, 6) is -0.0297. The van der Waals surface area contributed by atoms with E-state index in [1.807, 2.05) is 40.7 Å². The maximum Gasteiger partial charge on any atom is 0.311 e. The molecular weight excluding hydrogens is 534 g/mol. The molecule has 5 heteroatoms. The summed E-state index contributed by atoms with van der Waals surface area (Å²) in [6.45, 7) is 30.1. The quantitative estimate of drug-likeness (QED) is 0.209. The first kappa shape index (κ1) is 37.2. The molecule has 244 valence electrons. The van der Waals surface area contributed by atoms with Crippen LogP contribution in [0.2, 0.25) is 0 Å². The van der Waals surface area contributed by atoms with Crippen LogP contribution in [0.25, 0.3) is 0 Å². The minimum absolute atomic E-state index is 0.00836. The van der Waals surface area contributed by atoms with E-state index in [9.17, 15) is 19.6 Å². The van der Waals surface area contributed by atoms with Crippen LogP contribution in [0.1, 0.15) is 148 Å². The number of nitriles is 1. The second-order valence-electron chi connectivity index (χ2n) is 18.1. The summed E-state index contributed by atoms with van der Waals surface area (Å²) in [4.78, 5) is 39.0. The average Bonchev–Trinajstić information content (AvgIpc) is 2.89. The molecule has 5 nitrogen and oxygen atoms in total. The maximum atomic E-state index is 13.3. The number of hydrogen-bond donors (Lipinski definition) is 0. The van der Waals surface area contributed by atoms with Gasteiger partial charge in [0.15, 0.2) is 5.78 Å². The predicted octanol–water partition coefficient (Wildman–Crippen LogP) is 9.68. The van der Waals surface area contributed by atoms with Crippen LogP contribution < -0.4 is 0 Å². The first-order valence-electron chi connectivity index (χ1n) is 16.7. The number of allylic oxidation sites excluding steroid dienone is 2. The lowest BCUT2D eigenvalue weighted by Gasteiger charge is -2.64. The van der Waals surface area contributed by atoms with Crippen molar-refractivity contribution in [3.05, 3.63) is 11.6 Å². The van der Waals surface area contributed by atoms with Crippen LogP contribution in [0.5, 0.6) is 0 Å². The molecule has 1 fully saturated rings.